The van der Waals surface area contributed by atoms with Crippen molar-refractivity contribution in [2.24, 2.45) is 0 Å². The molecule has 0 saturated heterocycles. The van der Waals surface area contributed by atoms with Gasteiger partial charge in [0.1, 0.15) is 5.75 Å². The summed E-state index contributed by atoms with van der Waals surface area (Å²) in [5, 5.41) is 16.7. The molecule has 0 spiro atoms. The Hall–Kier alpha value is -2.67. The fourth-order valence-corrected chi connectivity index (χ4v) is 3.12. The predicted molar refractivity (Wildman–Crippen MR) is 93.4 cm³/mol. The van der Waals surface area contributed by atoms with Gasteiger partial charge in [0.2, 0.25) is 5.95 Å². The number of hydrogen-bond acceptors (Lipinski definition) is 7. The lowest BCUT2D eigenvalue weighted by Gasteiger charge is -2.06. The third kappa shape index (κ3) is 3.57. The molecule has 0 fully saturated rings. The van der Waals surface area contributed by atoms with E-state index in [9.17, 15) is 5.11 Å². The number of benzene rings is 1. The van der Waals surface area contributed by atoms with Crippen molar-refractivity contribution in [2.45, 2.75) is 13.8 Å². The van der Waals surface area contributed by atoms with Crippen LogP contribution in [0.4, 0.5) is 16.8 Å². The Morgan fingerprint density at radius 3 is 2.87 bits per heavy atom. The van der Waals surface area contributed by atoms with E-state index in [-0.39, 0.29) is 5.75 Å². The largest absolute Gasteiger partial charge is 0.508 e. The van der Waals surface area contributed by atoms with Crippen molar-refractivity contribution >= 4 is 28.1 Å². The fraction of sp³-hybridized carbons (Fsp3) is 0.188. The summed E-state index contributed by atoms with van der Waals surface area (Å²) in [5.41, 5.74) is 2.49. The average molecular weight is 327 g/mol. The van der Waals surface area contributed by atoms with Crippen LogP contribution in [0.3, 0.4) is 0 Å². The zero-order chi connectivity index (χ0) is 16.2. The van der Waals surface area contributed by atoms with Gasteiger partial charge in [0, 0.05) is 24.5 Å². The minimum absolute atomic E-state index is 0.194. The Bertz CT molecular complexity index is 818. The van der Waals surface area contributed by atoms with Gasteiger partial charge in [-0.15, -0.1) is 0 Å². The second-order valence-electron chi connectivity index (χ2n) is 4.90. The molecule has 0 saturated carbocycles. The van der Waals surface area contributed by atoms with E-state index in [4.69, 9.17) is 0 Å². The monoisotopic (exact) mass is 327 g/mol. The number of anilines is 3. The molecule has 2 heterocycles. The van der Waals surface area contributed by atoms with Crippen LogP contribution in [0.15, 0.2) is 36.5 Å². The van der Waals surface area contributed by atoms with Crippen molar-refractivity contribution in [3.05, 3.63) is 42.2 Å². The molecule has 6 nitrogen and oxygen atoms in total. The van der Waals surface area contributed by atoms with Crippen LogP contribution in [0.25, 0.3) is 10.6 Å². The maximum Gasteiger partial charge on any atom is 0.227 e. The van der Waals surface area contributed by atoms with E-state index in [2.05, 4.69) is 25.6 Å². The molecule has 3 rings (SSSR count). The van der Waals surface area contributed by atoms with Crippen LogP contribution < -0.4 is 10.6 Å². The summed E-state index contributed by atoms with van der Waals surface area (Å²) >= 11 is 1.57. The van der Waals surface area contributed by atoms with Crippen LogP contribution >= 0.6 is 11.3 Å². The third-order valence-electron chi connectivity index (χ3n) is 3.12. The van der Waals surface area contributed by atoms with Crippen molar-refractivity contribution in [3.8, 4) is 16.3 Å². The molecule has 0 bridgehead atoms. The standard InChI is InChI=1S/C16H17N5OS/c1-3-17-16-19-10(2)14(23-16)13-7-8-18-15(21-13)20-11-5-4-6-12(22)9-11/h4-9,22H,3H2,1-2H3,(H,17,19)(H,18,20,21). The van der Waals surface area contributed by atoms with Crippen LogP contribution in [0.1, 0.15) is 12.6 Å². The maximum absolute atomic E-state index is 9.52. The number of phenolic OH excluding ortho intramolecular Hbond substituents is 1. The van der Waals surface area contributed by atoms with E-state index in [1.54, 1.807) is 35.7 Å². The van der Waals surface area contributed by atoms with Crippen LogP contribution in [0.5, 0.6) is 5.75 Å². The SMILES string of the molecule is CCNc1nc(C)c(-c2ccnc(Nc3cccc(O)c3)n2)s1. The molecule has 0 amide bonds. The number of nitrogens with one attached hydrogen (secondary N) is 2. The van der Waals surface area contributed by atoms with E-state index in [1.165, 1.54) is 0 Å². The zero-order valence-electron chi connectivity index (χ0n) is 12.9. The molecule has 3 aromatic rings. The maximum atomic E-state index is 9.52. The molecule has 23 heavy (non-hydrogen) atoms. The second kappa shape index (κ2) is 6.62. The summed E-state index contributed by atoms with van der Waals surface area (Å²) in [4.78, 5) is 14.3. The lowest BCUT2D eigenvalue weighted by Crippen LogP contribution is -1.97. The van der Waals surface area contributed by atoms with E-state index < -0.39 is 0 Å². The normalized spacial score (nSPS) is 10.5. The van der Waals surface area contributed by atoms with Crippen LogP contribution in [0, 0.1) is 6.92 Å². The first kappa shape index (κ1) is 15.2. The number of rotatable bonds is 5. The summed E-state index contributed by atoms with van der Waals surface area (Å²) in [6.45, 7) is 4.84. The molecule has 0 aliphatic carbocycles. The summed E-state index contributed by atoms with van der Waals surface area (Å²) < 4.78 is 0. The lowest BCUT2D eigenvalue weighted by molar-refractivity contribution is 0.475. The van der Waals surface area contributed by atoms with Gasteiger partial charge < -0.3 is 15.7 Å². The van der Waals surface area contributed by atoms with Crippen LogP contribution in [-0.2, 0) is 0 Å². The minimum atomic E-state index is 0.194. The highest BCUT2D eigenvalue weighted by Crippen LogP contribution is 2.32. The molecular formula is C16H17N5OS. The summed E-state index contributed by atoms with van der Waals surface area (Å²) in [6, 6.07) is 8.71. The van der Waals surface area contributed by atoms with E-state index in [0.29, 0.717) is 5.95 Å². The zero-order valence-corrected chi connectivity index (χ0v) is 13.7. The smallest absolute Gasteiger partial charge is 0.227 e. The Labute approximate surface area is 138 Å². The first-order chi connectivity index (χ1) is 11.2. The van der Waals surface area contributed by atoms with Gasteiger partial charge in [0.25, 0.3) is 0 Å². The van der Waals surface area contributed by atoms with Gasteiger partial charge in [-0.25, -0.2) is 15.0 Å². The van der Waals surface area contributed by atoms with Gasteiger partial charge in [0.15, 0.2) is 5.13 Å². The third-order valence-corrected chi connectivity index (χ3v) is 4.25. The van der Waals surface area contributed by atoms with E-state index in [0.717, 1.165) is 33.6 Å². The number of aromatic nitrogens is 3. The van der Waals surface area contributed by atoms with Gasteiger partial charge in [-0.05, 0) is 32.0 Å². The van der Waals surface area contributed by atoms with Gasteiger partial charge in [-0.2, -0.15) is 0 Å². The molecule has 3 N–H and O–H groups in total. The average Bonchev–Trinajstić information content (AvgIpc) is 2.89. The Balaban J connectivity index is 1.88. The highest BCUT2D eigenvalue weighted by Gasteiger charge is 2.11. The number of nitrogens with zero attached hydrogens (tertiary/aromatic N) is 3. The van der Waals surface area contributed by atoms with Gasteiger partial charge >= 0.3 is 0 Å². The second-order valence-corrected chi connectivity index (χ2v) is 5.90. The molecule has 0 radical (unpaired) electrons. The van der Waals surface area contributed by atoms with Gasteiger partial charge in [-0.3, -0.25) is 0 Å². The molecule has 118 valence electrons. The number of hydrogen-bond donors (Lipinski definition) is 3. The minimum Gasteiger partial charge on any atom is -0.508 e. The summed E-state index contributed by atoms with van der Waals surface area (Å²) in [6.07, 6.45) is 1.71. The van der Waals surface area contributed by atoms with Gasteiger partial charge in [0.05, 0.1) is 16.3 Å². The molecule has 0 aliphatic rings. The number of phenols is 1. The Kier molecular flexibility index (Phi) is 4.38. The highest BCUT2D eigenvalue weighted by molar-refractivity contribution is 7.19. The first-order valence-corrected chi connectivity index (χ1v) is 8.08. The molecule has 7 heteroatoms. The van der Waals surface area contributed by atoms with Crippen molar-refractivity contribution in [2.75, 3.05) is 17.2 Å². The predicted octanol–water partition coefficient (Wildman–Crippen LogP) is 3.79. The van der Waals surface area contributed by atoms with E-state index >= 15 is 0 Å². The van der Waals surface area contributed by atoms with Crippen molar-refractivity contribution in [1.29, 1.82) is 0 Å². The van der Waals surface area contributed by atoms with Crippen molar-refractivity contribution < 1.29 is 5.11 Å². The van der Waals surface area contributed by atoms with Crippen molar-refractivity contribution in [1.82, 2.24) is 15.0 Å². The van der Waals surface area contributed by atoms with Gasteiger partial charge in [-0.1, -0.05) is 17.4 Å². The summed E-state index contributed by atoms with van der Waals surface area (Å²) in [7, 11) is 0. The number of thiazole rings is 1. The summed E-state index contributed by atoms with van der Waals surface area (Å²) in [5.74, 6) is 0.672. The number of aryl methyl sites for hydroxylation is 1. The molecular weight excluding hydrogens is 310 g/mol. The quantitative estimate of drug-likeness (QED) is 0.661. The Morgan fingerprint density at radius 2 is 2.09 bits per heavy atom. The van der Waals surface area contributed by atoms with Crippen LogP contribution in [0.2, 0.25) is 0 Å². The van der Waals surface area contributed by atoms with Crippen LogP contribution in [-0.4, -0.2) is 26.6 Å². The Morgan fingerprint density at radius 1 is 1.22 bits per heavy atom. The first-order valence-electron chi connectivity index (χ1n) is 7.26. The molecule has 0 atom stereocenters. The lowest BCUT2D eigenvalue weighted by atomic mass is 10.3. The molecule has 0 aliphatic heterocycles. The molecule has 2 aromatic heterocycles. The van der Waals surface area contributed by atoms with Crippen molar-refractivity contribution in [3.63, 3.8) is 0 Å². The fourth-order valence-electron chi connectivity index (χ4n) is 2.12. The molecule has 0 unspecified atom stereocenters. The highest BCUT2D eigenvalue weighted by atomic mass is 32.1. The topological polar surface area (TPSA) is 83.0 Å². The molecule has 1 aromatic carbocycles. The number of aromatic hydroxyl groups is 1. The van der Waals surface area contributed by atoms with E-state index in [1.807, 2.05) is 26.0 Å².